The van der Waals surface area contributed by atoms with Crippen LogP contribution in [-0.4, -0.2) is 20.9 Å². The highest BCUT2D eigenvalue weighted by atomic mass is 16.6. The van der Waals surface area contributed by atoms with Crippen LogP contribution in [0.1, 0.15) is 10.5 Å². The van der Waals surface area contributed by atoms with Gasteiger partial charge in [0.25, 0.3) is 11.6 Å². The number of nitro benzene ring substituents is 1. The van der Waals surface area contributed by atoms with Gasteiger partial charge in [0.05, 0.1) is 4.92 Å². The summed E-state index contributed by atoms with van der Waals surface area (Å²) in [5.41, 5.74) is -0.343. The number of anilines is 1. The van der Waals surface area contributed by atoms with Crippen molar-refractivity contribution in [3.63, 3.8) is 0 Å². The minimum atomic E-state index is -0.677. The van der Waals surface area contributed by atoms with E-state index in [1.54, 1.807) is 12.3 Å². The van der Waals surface area contributed by atoms with E-state index < -0.39 is 10.8 Å². The van der Waals surface area contributed by atoms with Gasteiger partial charge in [-0.25, -0.2) is 0 Å². The van der Waals surface area contributed by atoms with Crippen molar-refractivity contribution in [2.75, 3.05) is 5.32 Å². The third kappa shape index (κ3) is 2.14. The molecule has 0 fully saturated rings. The molecule has 0 aliphatic rings. The Kier molecular flexibility index (Phi) is 2.96. The van der Waals surface area contributed by atoms with Crippen LogP contribution in [0.25, 0.3) is 0 Å². The molecular formula is C11H9N3O4. The molecule has 3 N–H and O–H groups in total. The molecule has 0 radical (unpaired) electrons. The van der Waals surface area contributed by atoms with Crippen molar-refractivity contribution in [1.29, 1.82) is 0 Å². The molecule has 18 heavy (non-hydrogen) atoms. The number of carbonyl (C=O) groups excluding carboxylic acids is 1. The number of H-pyrrole nitrogens is 1. The number of rotatable bonds is 3. The molecular weight excluding hydrogens is 238 g/mol. The first-order chi connectivity index (χ1) is 8.59. The van der Waals surface area contributed by atoms with E-state index in [9.17, 15) is 20.0 Å². The molecule has 0 bridgehead atoms. The summed E-state index contributed by atoms with van der Waals surface area (Å²) in [6.45, 7) is 0. The van der Waals surface area contributed by atoms with Gasteiger partial charge >= 0.3 is 0 Å². The van der Waals surface area contributed by atoms with E-state index in [4.69, 9.17) is 0 Å². The summed E-state index contributed by atoms with van der Waals surface area (Å²) in [5.74, 6) is -0.922. The Labute approximate surface area is 101 Å². The van der Waals surface area contributed by atoms with Gasteiger partial charge in [-0.2, -0.15) is 0 Å². The molecule has 1 aromatic heterocycles. The summed E-state index contributed by atoms with van der Waals surface area (Å²) in [7, 11) is 0. The predicted octanol–water partition coefficient (Wildman–Crippen LogP) is 1.88. The highest BCUT2D eigenvalue weighted by Crippen LogP contribution is 2.33. The number of nitrogens with zero attached hydrogens (tertiary/aromatic N) is 1. The summed E-state index contributed by atoms with van der Waals surface area (Å²) in [6, 6.07) is 6.93. The molecule has 2 rings (SSSR count). The molecule has 0 saturated heterocycles. The van der Waals surface area contributed by atoms with E-state index in [0.29, 0.717) is 0 Å². The van der Waals surface area contributed by atoms with Crippen molar-refractivity contribution >= 4 is 17.3 Å². The van der Waals surface area contributed by atoms with Crippen molar-refractivity contribution in [3.8, 4) is 5.75 Å². The second-order valence-electron chi connectivity index (χ2n) is 3.47. The summed E-state index contributed by atoms with van der Waals surface area (Å²) in [6.07, 6.45) is 1.55. The molecule has 1 amide bonds. The maximum atomic E-state index is 11.7. The smallest absolute Gasteiger partial charge is 0.296 e. The van der Waals surface area contributed by atoms with Crippen molar-refractivity contribution in [1.82, 2.24) is 4.98 Å². The average molecular weight is 247 g/mol. The molecule has 92 valence electrons. The van der Waals surface area contributed by atoms with Gasteiger partial charge in [-0.05, 0) is 18.2 Å². The number of amides is 1. The first-order valence-electron chi connectivity index (χ1n) is 5.00. The summed E-state index contributed by atoms with van der Waals surface area (Å²) in [5, 5.41) is 22.6. The van der Waals surface area contributed by atoms with Crippen LogP contribution in [0.5, 0.6) is 5.75 Å². The Morgan fingerprint density at radius 3 is 2.72 bits per heavy atom. The number of phenols is 1. The van der Waals surface area contributed by atoms with Crippen LogP contribution in [0.3, 0.4) is 0 Å². The zero-order valence-electron chi connectivity index (χ0n) is 9.08. The highest BCUT2D eigenvalue weighted by Gasteiger charge is 2.20. The number of aromatic nitrogens is 1. The normalized spacial score (nSPS) is 10.0. The van der Waals surface area contributed by atoms with Crippen LogP contribution in [0, 0.1) is 10.1 Å². The van der Waals surface area contributed by atoms with Gasteiger partial charge in [-0.3, -0.25) is 14.9 Å². The van der Waals surface area contributed by atoms with Gasteiger partial charge in [-0.1, -0.05) is 6.07 Å². The van der Waals surface area contributed by atoms with E-state index in [1.807, 2.05) is 0 Å². The third-order valence-corrected chi connectivity index (χ3v) is 2.30. The van der Waals surface area contributed by atoms with Gasteiger partial charge in [0.1, 0.15) is 11.4 Å². The Bertz CT molecular complexity index is 592. The molecule has 0 atom stereocenters. The lowest BCUT2D eigenvalue weighted by molar-refractivity contribution is -0.384. The molecule has 7 nitrogen and oxygen atoms in total. The lowest BCUT2D eigenvalue weighted by atomic mass is 10.2. The number of phenolic OH excluding ortho intramolecular Hbond substituents is 1. The number of nitrogens with one attached hydrogen (secondary N) is 2. The number of aromatic hydroxyl groups is 1. The third-order valence-electron chi connectivity index (χ3n) is 2.30. The van der Waals surface area contributed by atoms with Crippen LogP contribution >= 0.6 is 0 Å². The lowest BCUT2D eigenvalue weighted by Gasteiger charge is -2.06. The van der Waals surface area contributed by atoms with Crippen LogP contribution < -0.4 is 5.32 Å². The summed E-state index contributed by atoms with van der Waals surface area (Å²) in [4.78, 5) is 24.5. The van der Waals surface area contributed by atoms with Gasteiger partial charge in [0, 0.05) is 12.3 Å². The molecule has 1 aromatic carbocycles. The van der Waals surface area contributed by atoms with Gasteiger partial charge in [-0.15, -0.1) is 0 Å². The average Bonchev–Trinajstić information content (AvgIpc) is 2.85. The van der Waals surface area contributed by atoms with E-state index in [1.165, 1.54) is 24.3 Å². The van der Waals surface area contributed by atoms with Crippen LogP contribution in [0.2, 0.25) is 0 Å². The van der Waals surface area contributed by atoms with Gasteiger partial charge < -0.3 is 15.4 Å². The van der Waals surface area contributed by atoms with Gasteiger partial charge in [0.2, 0.25) is 0 Å². The standard InChI is InChI=1S/C11H9N3O4/c15-9-5-1-4-8(14(17)18)10(9)13-11(16)7-3-2-6-12-7/h1-6,12,15H,(H,13,16). The summed E-state index contributed by atoms with van der Waals surface area (Å²) < 4.78 is 0. The largest absolute Gasteiger partial charge is 0.505 e. The number of hydrogen-bond donors (Lipinski definition) is 3. The molecule has 0 aliphatic heterocycles. The quantitative estimate of drug-likeness (QED) is 0.437. The van der Waals surface area contributed by atoms with Crippen molar-refractivity contribution in [3.05, 3.63) is 52.3 Å². The number of carbonyl (C=O) groups is 1. The maximum absolute atomic E-state index is 11.7. The number of benzene rings is 1. The molecule has 0 aliphatic carbocycles. The minimum Gasteiger partial charge on any atom is -0.505 e. The molecule has 0 saturated carbocycles. The zero-order valence-corrected chi connectivity index (χ0v) is 9.08. The second-order valence-corrected chi connectivity index (χ2v) is 3.47. The minimum absolute atomic E-state index is 0.220. The highest BCUT2D eigenvalue weighted by molar-refractivity contribution is 6.05. The number of nitro groups is 1. The fourth-order valence-corrected chi connectivity index (χ4v) is 1.46. The summed E-state index contributed by atoms with van der Waals surface area (Å²) >= 11 is 0. The Hall–Kier alpha value is -2.83. The van der Waals surface area contributed by atoms with Crippen LogP contribution in [0.4, 0.5) is 11.4 Å². The molecule has 7 heteroatoms. The van der Waals surface area contributed by atoms with Crippen molar-refractivity contribution in [2.45, 2.75) is 0 Å². The number of para-hydroxylation sites is 1. The van der Waals surface area contributed by atoms with Crippen molar-refractivity contribution < 1.29 is 14.8 Å². The Morgan fingerprint density at radius 1 is 1.33 bits per heavy atom. The van der Waals surface area contributed by atoms with E-state index >= 15 is 0 Å². The van der Waals surface area contributed by atoms with E-state index in [2.05, 4.69) is 10.3 Å². The number of aromatic amines is 1. The Morgan fingerprint density at radius 2 is 2.11 bits per heavy atom. The Balaban J connectivity index is 2.34. The van der Waals surface area contributed by atoms with Crippen LogP contribution in [-0.2, 0) is 0 Å². The second kappa shape index (κ2) is 4.58. The first kappa shape index (κ1) is 11.6. The molecule has 0 unspecified atom stereocenters. The fourth-order valence-electron chi connectivity index (χ4n) is 1.46. The zero-order chi connectivity index (χ0) is 13.1. The first-order valence-corrected chi connectivity index (χ1v) is 5.00. The van der Waals surface area contributed by atoms with E-state index in [-0.39, 0.29) is 22.8 Å². The monoisotopic (exact) mass is 247 g/mol. The molecule has 0 spiro atoms. The van der Waals surface area contributed by atoms with Crippen LogP contribution in [0.15, 0.2) is 36.5 Å². The lowest BCUT2D eigenvalue weighted by Crippen LogP contribution is -2.13. The fraction of sp³-hybridized carbons (Fsp3) is 0. The predicted molar refractivity (Wildman–Crippen MR) is 63.5 cm³/mol. The van der Waals surface area contributed by atoms with Crippen molar-refractivity contribution in [2.24, 2.45) is 0 Å². The number of hydrogen-bond acceptors (Lipinski definition) is 4. The SMILES string of the molecule is O=C(Nc1c(O)cccc1[N+](=O)[O-])c1ccc[nH]1. The topological polar surface area (TPSA) is 108 Å². The van der Waals surface area contributed by atoms with E-state index in [0.717, 1.165) is 0 Å². The van der Waals surface area contributed by atoms with Gasteiger partial charge in [0.15, 0.2) is 5.69 Å². The molecule has 2 aromatic rings. The molecule has 1 heterocycles. The maximum Gasteiger partial charge on any atom is 0.296 e.